The predicted octanol–water partition coefficient (Wildman–Crippen LogP) is 4.71. The molecule has 1 saturated carbocycles. The standard InChI is InChI=1S/C25H29N3O3S/c1-18-11-13-19(14-12-18)15-28(16-23(29)26-20-7-3-2-4-8-20)24(30)17-32-25-27-21-9-5-6-10-22(21)31-25/h5-6,9-14,20H,2-4,7-8,15-17H2,1H3,(H,26,29). The maximum Gasteiger partial charge on any atom is 0.257 e. The van der Waals surface area contributed by atoms with Crippen LogP contribution in [0.5, 0.6) is 0 Å². The number of carbonyl (C=O) groups is 2. The monoisotopic (exact) mass is 451 g/mol. The molecule has 2 amide bonds. The first-order chi connectivity index (χ1) is 15.6. The normalized spacial score (nSPS) is 14.4. The summed E-state index contributed by atoms with van der Waals surface area (Å²) in [4.78, 5) is 31.9. The zero-order valence-corrected chi connectivity index (χ0v) is 19.2. The number of hydrogen-bond acceptors (Lipinski definition) is 5. The molecule has 3 aromatic rings. The molecular weight excluding hydrogens is 422 g/mol. The Morgan fingerprint density at radius 3 is 2.59 bits per heavy atom. The first kappa shape index (κ1) is 22.4. The van der Waals surface area contributed by atoms with Crippen molar-refractivity contribution < 1.29 is 14.0 Å². The average molecular weight is 452 g/mol. The molecule has 1 N–H and O–H groups in total. The van der Waals surface area contributed by atoms with Crippen molar-refractivity contribution in [2.75, 3.05) is 12.3 Å². The zero-order valence-electron chi connectivity index (χ0n) is 18.4. The number of hydrogen-bond donors (Lipinski definition) is 1. The van der Waals surface area contributed by atoms with Crippen LogP contribution in [0.1, 0.15) is 43.2 Å². The number of aryl methyl sites for hydroxylation is 1. The van der Waals surface area contributed by atoms with Crippen LogP contribution in [0, 0.1) is 6.92 Å². The van der Waals surface area contributed by atoms with E-state index in [9.17, 15) is 9.59 Å². The van der Waals surface area contributed by atoms with Gasteiger partial charge in [-0.05, 0) is 37.5 Å². The van der Waals surface area contributed by atoms with E-state index in [4.69, 9.17) is 4.42 Å². The van der Waals surface area contributed by atoms with Gasteiger partial charge in [-0.15, -0.1) is 0 Å². The van der Waals surface area contributed by atoms with Crippen LogP contribution in [-0.4, -0.2) is 40.0 Å². The number of nitrogens with zero attached hydrogens (tertiary/aromatic N) is 2. The second kappa shape index (κ2) is 10.7. The Labute approximate surface area is 192 Å². The van der Waals surface area contributed by atoms with Crippen molar-refractivity contribution in [1.82, 2.24) is 15.2 Å². The lowest BCUT2D eigenvalue weighted by atomic mass is 9.95. The summed E-state index contributed by atoms with van der Waals surface area (Å²) in [7, 11) is 0. The van der Waals surface area contributed by atoms with E-state index in [0.29, 0.717) is 17.4 Å². The highest BCUT2D eigenvalue weighted by molar-refractivity contribution is 7.99. The minimum absolute atomic E-state index is 0.0529. The number of aromatic nitrogens is 1. The maximum atomic E-state index is 13.1. The molecule has 0 atom stereocenters. The van der Waals surface area contributed by atoms with Gasteiger partial charge in [0.05, 0.1) is 12.3 Å². The molecular formula is C25H29N3O3S. The number of carbonyl (C=O) groups excluding carboxylic acids is 2. The van der Waals surface area contributed by atoms with Crippen LogP contribution in [0.3, 0.4) is 0 Å². The highest BCUT2D eigenvalue weighted by Gasteiger charge is 2.22. The molecule has 0 saturated heterocycles. The lowest BCUT2D eigenvalue weighted by Crippen LogP contribution is -2.45. The molecule has 0 radical (unpaired) electrons. The quantitative estimate of drug-likeness (QED) is 0.502. The van der Waals surface area contributed by atoms with Gasteiger partial charge in [-0.1, -0.05) is 73.0 Å². The summed E-state index contributed by atoms with van der Waals surface area (Å²) in [6, 6.07) is 15.8. The predicted molar refractivity (Wildman–Crippen MR) is 126 cm³/mol. The van der Waals surface area contributed by atoms with Crippen LogP contribution >= 0.6 is 11.8 Å². The number of rotatable bonds is 8. The number of amides is 2. The molecule has 0 bridgehead atoms. The van der Waals surface area contributed by atoms with Crippen LogP contribution in [0.4, 0.5) is 0 Å². The van der Waals surface area contributed by atoms with Gasteiger partial charge < -0.3 is 14.6 Å². The van der Waals surface area contributed by atoms with Crippen molar-refractivity contribution in [3.05, 3.63) is 59.7 Å². The summed E-state index contributed by atoms with van der Waals surface area (Å²) >= 11 is 1.26. The van der Waals surface area contributed by atoms with Crippen LogP contribution in [-0.2, 0) is 16.1 Å². The fourth-order valence-corrected chi connectivity index (χ4v) is 4.71. The van der Waals surface area contributed by atoms with E-state index in [2.05, 4.69) is 10.3 Å². The van der Waals surface area contributed by atoms with Crippen molar-refractivity contribution >= 4 is 34.7 Å². The van der Waals surface area contributed by atoms with Crippen LogP contribution in [0.25, 0.3) is 11.1 Å². The summed E-state index contributed by atoms with van der Waals surface area (Å²) in [6.07, 6.45) is 5.57. The van der Waals surface area contributed by atoms with Gasteiger partial charge in [0.2, 0.25) is 11.8 Å². The van der Waals surface area contributed by atoms with Gasteiger partial charge in [0.15, 0.2) is 5.58 Å². The molecule has 32 heavy (non-hydrogen) atoms. The Morgan fingerprint density at radius 1 is 1.09 bits per heavy atom. The lowest BCUT2D eigenvalue weighted by Gasteiger charge is -2.26. The molecule has 1 aromatic heterocycles. The Morgan fingerprint density at radius 2 is 1.84 bits per heavy atom. The number of fused-ring (bicyclic) bond motifs is 1. The van der Waals surface area contributed by atoms with Crippen molar-refractivity contribution in [3.63, 3.8) is 0 Å². The van der Waals surface area contributed by atoms with Crippen molar-refractivity contribution in [2.24, 2.45) is 0 Å². The third kappa shape index (κ3) is 6.13. The maximum absolute atomic E-state index is 13.1. The molecule has 7 heteroatoms. The summed E-state index contributed by atoms with van der Waals surface area (Å²) in [5.41, 5.74) is 3.63. The smallest absolute Gasteiger partial charge is 0.257 e. The Kier molecular flexibility index (Phi) is 7.47. The van der Waals surface area contributed by atoms with E-state index < -0.39 is 0 Å². The van der Waals surface area contributed by atoms with E-state index >= 15 is 0 Å². The highest BCUT2D eigenvalue weighted by Crippen LogP contribution is 2.24. The molecule has 4 rings (SSSR count). The molecule has 0 spiro atoms. The van der Waals surface area contributed by atoms with Gasteiger partial charge in [0, 0.05) is 12.6 Å². The Bertz CT molecular complexity index is 1020. The van der Waals surface area contributed by atoms with E-state index in [1.54, 1.807) is 4.90 Å². The highest BCUT2D eigenvalue weighted by atomic mass is 32.2. The van der Waals surface area contributed by atoms with Gasteiger partial charge in [-0.25, -0.2) is 4.98 Å². The topological polar surface area (TPSA) is 75.4 Å². The van der Waals surface area contributed by atoms with Gasteiger partial charge >= 0.3 is 0 Å². The number of thioether (sulfide) groups is 1. The van der Waals surface area contributed by atoms with Crippen molar-refractivity contribution in [2.45, 2.75) is 56.8 Å². The van der Waals surface area contributed by atoms with Crippen molar-refractivity contribution in [3.8, 4) is 0 Å². The average Bonchev–Trinajstić information content (AvgIpc) is 3.22. The Hall–Kier alpha value is -2.80. The van der Waals surface area contributed by atoms with Gasteiger partial charge in [-0.3, -0.25) is 9.59 Å². The second-order valence-electron chi connectivity index (χ2n) is 8.37. The number of benzene rings is 2. The third-order valence-corrected chi connectivity index (χ3v) is 6.56. The molecule has 0 aliphatic heterocycles. The third-order valence-electron chi connectivity index (χ3n) is 5.74. The minimum Gasteiger partial charge on any atom is -0.431 e. The van der Waals surface area contributed by atoms with E-state index in [-0.39, 0.29) is 30.2 Å². The van der Waals surface area contributed by atoms with Crippen LogP contribution in [0.15, 0.2) is 58.2 Å². The largest absolute Gasteiger partial charge is 0.431 e. The summed E-state index contributed by atoms with van der Waals surface area (Å²) in [5, 5.41) is 3.58. The molecule has 1 heterocycles. The molecule has 2 aromatic carbocycles. The first-order valence-corrected chi connectivity index (χ1v) is 12.2. The molecule has 1 fully saturated rings. The van der Waals surface area contributed by atoms with Crippen LogP contribution in [0.2, 0.25) is 0 Å². The fourth-order valence-electron chi connectivity index (χ4n) is 3.97. The van der Waals surface area contributed by atoms with E-state index in [1.165, 1.54) is 18.2 Å². The molecule has 1 aliphatic carbocycles. The number of para-hydroxylation sites is 2. The van der Waals surface area contributed by atoms with Gasteiger partial charge in [0.25, 0.3) is 5.22 Å². The van der Waals surface area contributed by atoms with E-state index in [0.717, 1.165) is 42.3 Å². The van der Waals surface area contributed by atoms with Gasteiger partial charge in [-0.2, -0.15) is 0 Å². The van der Waals surface area contributed by atoms with Crippen LogP contribution < -0.4 is 5.32 Å². The minimum atomic E-state index is -0.114. The summed E-state index contributed by atoms with van der Waals surface area (Å²) in [5.74, 6) is -0.0455. The fraction of sp³-hybridized carbons (Fsp3) is 0.400. The second-order valence-corrected chi connectivity index (χ2v) is 9.30. The number of nitrogens with one attached hydrogen (secondary N) is 1. The number of oxazole rings is 1. The lowest BCUT2D eigenvalue weighted by molar-refractivity contribution is -0.134. The zero-order chi connectivity index (χ0) is 22.3. The first-order valence-electron chi connectivity index (χ1n) is 11.2. The van der Waals surface area contributed by atoms with Crippen molar-refractivity contribution in [1.29, 1.82) is 0 Å². The van der Waals surface area contributed by atoms with Gasteiger partial charge in [0.1, 0.15) is 5.52 Å². The molecule has 1 aliphatic rings. The molecule has 6 nitrogen and oxygen atoms in total. The molecule has 0 unspecified atom stereocenters. The Balaban J connectivity index is 1.40. The SMILES string of the molecule is Cc1ccc(CN(CC(=O)NC2CCCCC2)C(=O)CSc2nc3ccccc3o2)cc1. The van der Waals surface area contributed by atoms with E-state index in [1.807, 2.05) is 55.5 Å². The molecule has 168 valence electrons. The summed E-state index contributed by atoms with van der Waals surface area (Å²) in [6.45, 7) is 2.48. The summed E-state index contributed by atoms with van der Waals surface area (Å²) < 4.78 is 5.71.